The minimum absolute atomic E-state index is 0. The van der Waals surface area contributed by atoms with Crippen molar-refractivity contribution in [1.29, 1.82) is 0 Å². The second-order valence-electron chi connectivity index (χ2n) is 2.48. The number of nitrogens with one attached hydrogen (secondary N) is 3. The van der Waals surface area contributed by atoms with E-state index in [1.165, 1.54) is 0 Å². The van der Waals surface area contributed by atoms with Gasteiger partial charge in [0.15, 0.2) is 0 Å². The number of nitrogen functional groups attached to an aromatic ring is 1. The van der Waals surface area contributed by atoms with Gasteiger partial charge in [-0.25, -0.2) is 4.79 Å². The summed E-state index contributed by atoms with van der Waals surface area (Å²) >= 11 is 0. The van der Waals surface area contributed by atoms with Crippen LogP contribution in [0.2, 0.25) is 0 Å². The third-order valence-corrected chi connectivity index (χ3v) is 1.68. The summed E-state index contributed by atoms with van der Waals surface area (Å²) in [6.45, 7) is 0. The number of hydrogen-bond acceptors (Lipinski definition) is 3. The van der Waals surface area contributed by atoms with E-state index in [9.17, 15) is 4.79 Å². The number of halogens is 1. The molecule has 0 atom stereocenters. The summed E-state index contributed by atoms with van der Waals surface area (Å²) in [4.78, 5) is 16.1. The number of hydrogen-bond donors (Lipinski definition) is 4. The number of nitrogens with two attached hydrogens (primary N) is 1. The highest BCUT2D eigenvalue weighted by atomic mass is 35.5. The van der Waals surface area contributed by atoms with Crippen molar-refractivity contribution >= 4 is 16.7 Å². The summed E-state index contributed by atoms with van der Waals surface area (Å²) in [5.41, 5.74) is 4.57. The Morgan fingerprint density at radius 1 is 1.23 bits per heavy atom. The molecule has 0 aliphatic heterocycles. The van der Waals surface area contributed by atoms with E-state index in [4.69, 9.17) is 5.84 Å². The van der Waals surface area contributed by atoms with Crippen molar-refractivity contribution in [1.82, 2.24) is 9.97 Å². The molecule has 0 aliphatic rings. The Balaban J connectivity index is 0.000000845. The SMILES string of the molecule is NNc1ccc2[nH]c(=O)[nH]c2c1.[Cl-]. The van der Waals surface area contributed by atoms with Crippen LogP contribution in [0.4, 0.5) is 5.69 Å². The molecule has 0 bridgehead atoms. The Kier molecular flexibility index (Phi) is 2.60. The normalized spacial score (nSPS) is 9.62. The maximum atomic E-state index is 10.8. The molecule has 1 heterocycles. The fraction of sp³-hybridized carbons (Fsp3) is 0. The number of anilines is 1. The molecule has 0 amide bonds. The molecule has 1 aromatic heterocycles. The molecule has 0 unspecified atom stereocenters. The van der Waals surface area contributed by atoms with Crippen molar-refractivity contribution in [3.8, 4) is 0 Å². The molecule has 1 aromatic carbocycles. The number of aromatic amines is 2. The first-order valence-corrected chi connectivity index (χ1v) is 3.48. The van der Waals surface area contributed by atoms with Gasteiger partial charge in [-0.3, -0.25) is 5.84 Å². The lowest BCUT2D eigenvalue weighted by molar-refractivity contribution is -0.00000268. The number of H-pyrrole nitrogens is 2. The van der Waals surface area contributed by atoms with Crippen LogP contribution in [0, 0.1) is 0 Å². The second kappa shape index (κ2) is 3.51. The van der Waals surface area contributed by atoms with E-state index in [0.29, 0.717) is 0 Å². The number of hydrazine groups is 1. The molecule has 0 saturated heterocycles. The Morgan fingerprint density at radius 3 is 2.62 bits per heavy atom. The number of fused-ring (bicyclic) bond motifs is 1. The highest BCUT2D eigenvalue weighted by molar-refractivity contribution is 5.78. The van der Waals surface area contributed by atoms with Crippen LogP contribution in [0.3, 0.4) is 0 Å². The predicted molar refractivity (Wildman–Crippen MR) is 46.7 cm³/mol. The molecule has 0 fully saturated rings. The molecular formula is C7H8ClN4O-. The average Bonchev–Trinajstić information content (AvgIpc) is 2.43. The quantitative estimate of drug-likeness (QED) is 0.295. The lowest BCUT2D eigenvalue weighted by Gasteiger charge is -1.97. The molecule has 5 N–H and O–H groups in total. The number of benzene rings is 1. The maximum Gasteiger partial charge on any atom is 0.323 e. The van der Waals surface area contributed by atoms with Gasteiger partial charge in [-0.2, -0.15) is 0 Å². The van der Waals surface area contributed by atoms with Gasteiger partial charge in [0, 0.05) is 0 Å². The predicted octanol–water partition coefficient (Wildman–Crippen LogP) is -2.85. The van der Waals surface area contributed by atoms with Crippen LogP contribution in [0.25, 0.3) is 11.0 Å². The fourth-order valence-electron chi connectivity index (χ4n) is 1.12. The zero-order valence-electron chi connectivity index (χ0n) is 6.60. The van der Waals surface area contributed by atoms with E-state index in [2.05, 4.69) is 15.4 Å². The lowest BCUT2D eigenvalue weighted by atomic mass is 10.3. The Morgan fingerprint density at radius 2 is 1.92 bits per heavy atom. The van der Waals surface area contributed by atoms with Gasteiger partial charge in [0.2, 0.25) is 0 Å². The van der Waals surface area contributed by atoms with Crippen LogP contribution in [0.1, 0.15) is 0 Å². The molecule has 5 nitrogen and oxygen atoms in total. The van der Waals surface area contributed by atoms with Crippen molar-refractivity contribution in [3.05, 3.63) is 28.7 Å². The molecule has 6 heteroatoms. The third kappa shape index (κ3) is 1.66. The van der Waals surface area contributed by atoms with E-state index < -0.39 is 0 Å². The van der Waals surface area contributed by atoms with Crippen LogP contribution in [-0.4, -0.2) is 9.97 Å². The fourth-order valence-corrected chi connectivity index (χ4v) is 1.12. The van der Waals surface area contributed by atoms with Crippen molar-refractivity contribution in [2.24, 2.45) is 5.84 Å². The highest BCUT2D eigenvalue weighted by Crippen LogP contribution is 2.12. The minimum Gasteiger partial charge on any atom is -1.00 e. The third-order valence-electron chi connectivity index (χ3n) is 1.68. The van der Waals surface area contributed by atoms with E-state index in [1.54, 1.807) is 18.2 Å². The topological polar surface area (TPSA) is 86.7 Å². The zero-order chi connectivity index (χ0) is 8.55. The smallest absolute Gasteiger partial charge is 0.323 e. The van der Waals surface area contributed by atoms with Gasteiger partial charge in [0.05, 0.1) is 16.7 Å². The Labute approximate surface area is 79.7 Å². The van der Waals surface area contributed by atoms with Crippen LogP contribution >= 0.6 is 0 Å². The van der Waals surface area contributed by atoms with E-state index >= 15 is 0 Å². The molecule has 13 heavy (non-hydrogen) atoms. The highest BCUT2D eigenvalue weighted by Gasteiger charge is 1.97. The molecule has 0 aliphatic carbocycles. The summed E-state index contributed by atoms with van der Waals surface area (Å²) < 4.78 is 0. The Hall–Kier alpha value is -1.46. The summed E-state index contributed by atoms with van der Waals surface area (Å²) in [5, 5.41) is 0. The summed E-state index contributed by atoms with van der Waals surface area (Å²) in [6, 6.07) is 5.32. The largest absolute Gasteiger partial charge is 1.00 e. The monoisotopic (exact) mass is 199 g/mol. The number of aromatic nitrogens is 2. The maximum absolute atomic E-state index is 10.8. The van der Waals surface area contributed by atoms with Crippen molar-refractivity contribution in [2.75, 3.05) is 5.43 Å². The van der Waals surface area contributed by atoms with Crippen molar-refractivity contribution in [2.45, 2.75) is 0 Å². The molecule has 2 rings (SSSR count). The summed E-state index contributed by atoms with van der Waals surface area (Å²) in [5.74, 6) is 5.20. The van der Waals surface area contributed by atoms with E-state index in [-0.39, 0.29) is 18.1 Å². The van der Waals surface area contributed by atoms with Crippen LogP contribution in [-0.2, 0) is 0 Å². The van der Waals surface area contributed by atoms with E-state index in [0.717, 1.165) is 16.7 Å². The van der Waals surface area contributed by atoms with E-state index in [1.807, 2.05) is 0 Å². The van der Waals surface area contributed by atoms with Gasteiger partial charge < -0.3 is 27.8 Å². The van der Waals surface area contributed by atoms with Gasteiger partial charge in [-0.1, -0.05) is 0 Å². The number of rotatable bonds is 1. The Bertz CT molecular complexity index is 461. The lowest BCUT2D eigenvalue weighted by Crippen LogP contribution is -3.00. The molecule has 0 radical (unpaired) electrons. The second-order valence-corrected chi connectivity index (χ2v) is 2.48. The van der Waals surface area contributed by atoms with Crippen LogP contribution in [0.5, 0.6) is 0 Å². The first-order valence-electron chi connectivity index (χ1n) is 3.48. The van der Waals surface area contributed by atoms with Crippen molar-refractivity contribution < 1.29 is 12.4 Å². The minimum atomic E-state index is -0.209. The molecule has 70 valence electrons. The average molecular weight is 200 g/mol. The first-order chi connectivity index (χ1) is 5.79. The molecule has 0 spiro atoms. The van der Waals surface area contributed by atoms with Crippen LogP contribution < -0.4 is 29.4 Å². The van der Waals surface area contributed by atoms with Gasteiger partial charge in [0.25, 0.3) is 0 Å². The van der Waals surface area contributed by atoms with Crippen LogP contribution in [0.15, 0.2) is 23.0 Å². The summed E-state index contributed by atoms with van der Waals surface area (Å²) in [6.07, 6.45) is 0. The summed E-state index contributed by atoms with van der Waals surface area (Å²) in [7, 11) is 0. The standard InChI is InChI=1S/C7H8N4O.ClH/c8-11-4-1-2-5-6(3-4)10-7(12)9-5;/h1-3,11H,8H2,(H2,9,10,12);1H/p-1. The molecule has 2 aromatic rings. The first kappa shape index (κ1) is 9.63. The van der Waals surface area contributed by atoms with Gasteiger partial charge in [0.1, 0.15) is 0 Å². The van der Waals surface area contributed by atoms with Gasteiger partial charge >= 0.3 is 5.69 Å². The van der Waals surface area contributed by atoms with Crippen molar-refractivity contribution in [3.63, 3.8) is 0 Å². The number of imidazole rings is 1. The van der Waals surface area contributed by atoms with Gasteiger partial charge in [-0.15, -0.1) is 0 Å². The molecule has 0 saturated carbocycles. The molecular weight excluding hydrogens is 192 g/mol. The zero-order valence-corrected chi connectivity index (χ0v) is 7.35. The van der Waals surface area contributed by atoms with Gasteiger partial charge in [-0.05, 0) is 18.2 Å².